The van der Waals surface area contributed by atoms with Gasteiger partial charge in [0.15, 0.2) is 5.41 Å². The number of halogens is 3. The third-order valence-electron chi connectivity index (χ3n) is 6.77. The van der Waals surface area contributed by atoms with Crippen molar-refractivity contribution in [3.8, 4) is 18.2 Å². The Bertz CT molecular complexity index is 1100. The van der Waals surface area contributed by atoms with Gasteiger partial charge < -0.3 is 5.73 Å². The molecule has 152 valence electrons. The van der Waals surface area contributed by atoms with Gasteiger partial charge in [0.1, 0.15) is 6.07 Å². The van der Waals surface area contributed by atoms with E-state index in [1.54, 1.807) is 0 Å². The Morgan fingerprint density at radius 2 is 1.80 bits per heavy atom. The van der Waals surface area contributed by atoms with Crippen LogP contribution in [0.3, 0.4) is 0 Å². The first-order valence-electron chi connectivity index (χ1n) is 9.55. The van der Waals surface area contributed by atoms with Crippen molar-refractivity contribution in [1.82, 2.24) is 4.90 Å². The van der Waals surface area contributed by atoms with E-state index in [1.807, 2.05) is 25.3 Å². The van der Waals surface area contributed by atoms with Gasteiger partial charge in [-0.3, -0.25) is 4.90 Å². The molecule has 2 bridgehead atoms. The van der Waals surface area contributed by atoms with E-state index < -0.39 is 23.1 Å². The van der Waals surface area contributed by atoms with Crippen LogP contribution in [0, 0.1) is 39.4 Å². The van der Waals surface area contributed by atoms with Crippen molar-refractivity contribution in [1.29, 1.82) is 15.8 Å². The highest BCUT2D eigenvalue weighted by molar-refractivity contribution is 5.64. The molecular formula is C22H18F3N5. The molecule has 0 aromatic heterocycles. The maximum Gasteiger partial charge on any atom is 0.416 e. The van der Waals surface area contributed by atoms with Crippen LogP contribution in [0.1, 0.15) is 36.3 Å². The lowest BCUT2D eigenvalue weighted by atomic mass is 9.59. The van der Waals surface area contributed by atoms with Gasteiger partial charge in [0, 0.05) is 18.0 Å². The standard InChI is InChI=1S/C22H18F3N5/c1-30-12-6-7-17(30)18-14(8-12)15(9-26)20(29)21(10-27,11-28)19(18)13-4-2-3-5-16(13)22(23,24)25/h2-5,12,17,19H,6-8,29H2,1H3/t12-,17-,19+/m0/s1. The summed E-state index contributed by atoms with van der Waals surface area (Å²) in [6, 6.07) is 10.8. The van der Waals surface area contributed by atoms with Crippen molar-refractivity contribution < 1.29 is 13.2 Å². The highest BCUT2D eigenvalue weighted by Gasteiger charge is 2.57. The zero-order valence-corrected chi connectivity index (χ0v) is 16.2. The number of hydrogen-bond donors (Lipinski definition) is 1. The fourth-order valence-electron chi connectivity index (χ4n) is 5.36. The van der Waals surface area contributed by atoms with Crippen LogP contribution in [0.4, 0.5) is 13.2 Å². The van der Waals surface area contributed by atoms with E-state index in [2.05, 4.69) is 4.90 Å². The SMILES string of the molecule is CN1[C@H]2CC[C@H]1C1=C(C2)C(C#N)=C(N)C(C#N)(C#N)[C@@H]1c1ccccc1C(F)(F)F. The number of rotatable bonds is 1. The quantitative estimate of drug-likeness (QED) is 0.762. The Hall–Kier alpha value is -3.28. The number of likely N-dealkylation sites (N-methyl/N-ethyl adjacent to an activating group) is 1. The largest absolute Gasteiger partial charge is 0.416 e. The average Bonchev–Trinajstić information content (AvgIpc) is 2.95. The molecule has 1 aromatic rings. The van der Waals surface area contributed by atoms with Gasteiger partial charge in [0.25, 0.3) is 0 Å². The summed E-state index contributed by atoms with van der Waals surface area (Å²) in [5, 5.41) is 29.9. The van der Waals surface area contributed by atoms with Gasteiger partial charge >= 0.3 is 6.18 Å². The molecule has 1 saturated heterocycles. The summed E-state index contributed by atoms with van der Waals surface area (Å²) in [6.07, 6.45) is -2.69. The van der Waals surface area contributed by atoms with Gasteiger partial charge in [-0.1, -0.05) is 18.2 Å². The van der Waals surface area contributed by atoms with Crippen LogP contribution in [-0.2, 0) is 6.18 Å². The molecule has 2 aliphatic heterocycles. The summed E-state index contributed by atoms with van der Waals surface area (Å²) in [5.74, 6) is -1.20. The molecule has 0 saturated carbocycles. The van der Waals surface area contributed by atoms with Crippen molar-refractivity contribution in [2.24, 2.45) is 11.1 Å². The lowest BCUT2D eigenvalue weighted by molar-refractivity contribution is -0.138. The van der Waals surface area contributed by atoms with Gasteiger partial charge in [0.2, 0.25) is 0 Å². The Morgan fingerprint density at radius 3 is 2.40 bits per heavy atom. The number of fused-ring (bicyclic) bond motifs is 3. The van der Waals surface area contributed by atoms with Crippen molar-refractivity contribution >= 4 is 0 Å². The van der Waals surface area contributed by atoms with Crippen LogP contribution < -0.4 is 5.73 Å². The molecule has 30 heavy (non-hydrogen) atoms. The second kappa shape index (κ2) is 6.62. The first-order chi connectivity index (χ1) is 14.2. The molecular weight excluding hydrogens is 391 g/mol. The van der Waals surface area contributed by atoms with Crippen LogP contribution in [0.15, 0.2) is 46.7 Å². The van der Waals surface area contributed by atoms with E-state index in [4.69, 9.17) is 5.73 Å². The van der Waals surface area contributed by atoms with Gasteiger partial charge in [-0.2, -0.15) is 29.0 Å². The number of nitrogens with zero attached hydrogens (tertiary/aromatic N) is 4. The van der Waals surface area contributed by atoms with Crippen LogP contribution >= 0.6 is 0 Å². The molecule has 4 rings (SSSR count). The molecule has 0 radical (unpaired) electrons. The third-order valence-corrected chi connectivity index (χ3v) is 6.77. The Kier molecular flexibility index (Phi) is 4.42. The zero-order valence-electron chi connectivity index (χ0n) is 16.2. The lowest BCUT2D eigenvalue weighted by Gasteiger charge is -2.45. The van der Waals surface area contributed by atoms with Gasteiger partial charge in [0.05, 0.1) is 29.0 Å². The van der Waals surface area contributed by atoms with Crippen molar-refractivity contribution in [3.63, 3.8) is 0 Å². The molecule has 1 aromatic carbocycles. The summed E-state index contributed by atoms with van der Waals surface area (Å²) in [4.78, 5) is 2.08. The van der Waals surface area contributed by atoms with E-state index in [-0.39, 0.29) is 28.9 Å². The number of benzene rings is 1. The van der Waals surface area contributed by atoms with E-state index in [1.165, 1.54) is 18.2 Å². The number of hydrogen-bond acceptors (Lipinski definition) is 5. The molecule has 2 N–H and O–H groups in total. The molecule has 2 heterocycles. The minimum Gasteiger partial charge on any atom is -0.399 e. The number of allylic oxidation sites excluding steroid dienone is 2. The van der Waals surface area contributed by atoms with Crippen molar-refractivity contribution in [2.75, 3.05) is 7.05 Å². The maximum absolute atomic E-state index is 13.9. The zero-order chi connectivity index (χ0) is 21.8. The van der Waals surface area contributed by atoms with Gasteiger partial charge in [-0.05, 0) is 49.1 Å². The molecule has 0 unspecified atom stereocenters. The second-order valence-corrected chi connectivity index (χ2v) is 8.00. The Morgan fingerprint density at radius 1 is 1.13 bits per heavy atom. The van der Waals surface area contributed by atoms with Gasteiger partial charge in [-0.25, -0.2) is 0 Å². The predicted molar refractivity (Wildman–Crippen MR) is 101 cm³/mol. The minimum atomic E-state index is -4.67. The fraction of sp³-hybridized carbons (Fsp3) is 0.409. The monoisotopic (exact) mass is 409 g/mol. The Labute approximate surface area is 172 Å². The number of nitrogens with two attached hydrogens (primary N) is 1. The van der Waals surface area contributed by atoms with Crippen molar-refractivity contribution in [3.05, 3.63) is 57.8 Å². The molecule has 3 atom stereocenters. The molecule has 5 nitrogen and oxygen atoms in total. The normalized spacial score (nSPS) is 27.8. The van der Waals surface area contributed by atoms with Crippen LogP contribution in [0.25, 0.3) is 0 Å². The molecule has 1 fully saturated rings. The van der Waals surface area contributed by atoms with E-state index in [0.29, 0.717) is 24.0 Å². The van der Waals surface area contributed by atoms with Crippen LogP contribution in [-0.4, -0.2) is 24.0 Å². The molecule has 8 heteroatoms. The summed E-state index contributed by atoms with van der Waals surface area (Å²) < 4.78 is 41.7. The van der Waals surface area contributed by atoms with Gasteiger partial charge in [-0.15, -0.1) is 0 Å². The highest BCUT2D eigenvalue weighted by atomic mass is 19.4. The smallest absolute Gasteiger partial charge is 0.399 e. The lowest BCUT2D eigenvalue weighted by Crippen LogP contribution is -2.47. The van der Waals surface area contributed by atoms with E-state index in [9.17, 15) is 29.0 Å². The Balaban J connectivity index is 2.10. The summed E-state index contributed by atoms with van der Waals surface area (Å²) in [5.41, 5.74) is 4.04. The molecule has 0 amide bonds. The number of alkyl halides is 3. The van der Waals surface area contributed by atoms with E-state index >= 15 is 0 Å². The summed E-state index contributed by atoms with van der Waals surface area (Å²) >= 11 is 0. The van der Waals surface area contributed by atoms with E-state index in [0.717, 1.165) is 12.5 Å². The fourth-order valence-corrected chi connectivity index (χ4v) is 5.36. The summed E-state index contributed by atoms with van der Waals surface area (Å²) in [6.45, 7) is 0. The highest BCUT2D eigenvalue weighted by Crippen LogP contribution is 2.58. The maximum atomic E-state index is 13.9. The topological polar surface area (TPSA) is 101 Å². The third kappa shape index (κ3) is 2.49. The number of nitriles is 3. The minimum absolute atomic E-state index is 0.0684. The van der Waals surface area contributed by atoms with Crippen LogP contribution in [0.2, 0.25) is 0 Å². The first-order valence-corrected chi connectivity index (χ1v) is 9.55. The predicted octanol–water partition coefficient (Wildman–Crippen LogP) is 3.74. The molecule has 0 spiro atoms. The second-order valence-electron chi connectivity index (χ2n) is 8.00. The molecule has 3 aliphatic rings. The average molecular weight is 409 g/mol. The van der Waals surface area contributed by atoms with Crippen molar-refractivity contribution in [2.45, 2.75) is 43.4 Å². The first kappa shape index (κ1) is 20.0. The summed E-state index contributed by atoms with van der Waals surface area (Å²) in [7, 11) is 1.90. The van der Waals surface area contributed by atoms with Crippen LogP contribution in [0.5, 0.6) is 0 Å². The molecule has 1 aliphatic carbocycles.